The summed E-state index contributed by atoms with van der Waals surface area (Å²) < 4.78 is 1.70. The number of hydrogen-bond acceptors (Lipinski definition) is 3. The summed E-state index contributed by atoms with van der Waals surface area (Å²) in [5.41, 5.74) is 3.23. The van der Waals surface area contributed by atoms with Crippen LogP contribution in [0.4, 0.5) is 5.69 Å². The summed E-state index contributed by atoms with van der Waals surface area (Å²) in [5.74, 6) is 0.460. The van der Waals surface area contributed by atoms with Gasteiger partial charge < -0.3 is 5.32 Å². The first kappa shape index (κ1) is 13.5. The Labute approximate surface area is 138 Å². The van der Waals surface area contributed by atoms with Crippen LogP contribution in [0.2, 0.25) is 0 Å². The standard InChI is InChI=1S/C19H15N3O2/c1-9-7-13(23)22-17(20-9)15-11(19(22,2)3)8-10-5-4-6-12-14(10)16(15)18(24)21-12/h4-8H,1-3H3,(H,21,24). The van der Waals surface area contributed by atoms with Crippen LogP contribution in [0, 0.1) is 6.92 Å². The van der Waals surface area contributed by atoms with Crippen LogP contribution < -0.4 is 10.9 Å². The van der Waals surface area contributed by atoms with Crippen LogP contribution in [-0.4, -0.2) is 15.5 Å². The summed E-state index contributed by atoms with van der Waals surface area (Å²) in [6.07, 6.45) is 0. The second-order valence-electron chi connectivity index (χ2n) is 6.99. The minimum Gasteiger partial charge on any atom is -0.321 e. The highest BCUT2D eigenvalue weighted by molar-refractivity contribution is 6.27. The Bertz CT molecular complexity index is 1160. The van der Waals surface area contributed by atoms with Crippen molar-refractivity contribution >= 4 is 22.4 Å². The van der Waals surface area contributed by atoms with E-state index in [1.54, 1.807) is 17.6 Å². The summed E-state index contributed by atoms with van der Waals surface area (Å²) in [6, 6.07) is 9.47. The number of fused-ring (bicyclic) bond motifs is 4. The zero-order chi connectivity index (χ0) is 16.8. The number of carbonyl (C=O) groups excluding carboxylic acids is 1. The number of carbonyl (C=O) groups is 1. The van der Waals surface area contributed by atoms with Gasteiger partial charge in [-0.05, 0) is 43.9 Å². The molecule has 0 atom stereocenters. The molecule has 3 aromatic rings. The van der Waals surface area contributed by atoms with Gasteiger partial charge in [0.1, 0.15) is 5.82 Å². The zero-order valence-corrected chi connectivity index (χ0v) is 13.6. The van der Waals surface area contributed by atoms with E-state index in [1.807, 2.05) is 32.0 Å². The van der Waals surface area contributed by atoms with Crippen molar-refractivity contribution in [3.63, 3.8) is 0 Å². The molecule has 1 amide bonds. The molecular weight excluding hydrogens is 302 g/mol. The van der Waals surface area contributed by atoms with Crippen molar-refractivity contribution in [3.05, 3.63) is 57.5 Å². The number of benzene rings is 2. The monoisotopic (exact) mass is 317 g/mol. The molecule has 2 aromatic carbocycles. The van der Waals surface area contributed by atoms with E-state index in [-0.39, 0.29) is 11.5 Å². The Kier molecular flexibility index (Phi) is 2.21. The van der Waals surface area contributed by atoms with E-state index in [2.05, 4.69) is 16.4 Å². The molecule has 2 aliphatic heterocycles. The van der Waals surface area contributed by atoms with Gasteiger partial charge in [-0.2, -0.15) is 0 Å². The number of nitrogens with one attached hydrogen (secondary N) is 1. The van der Waals surface area contributed by atoms with Crippen molar-refractivity contribution in [3.8, 4) is 11.4 Å². The lowest BCUT2D eigenvalue weighted by Crippen LogP contribution is -2.34. The summed E-state index contributed by atoms with van der Waals surface area (Å²) in [5, 5.41) is 4.86. The predicted octanol–water partition coefficient (Wildman–Crippen LogP) is 3.03. The number of nitrogens with zero attached hydrogens (tertiary/aromatic N) is 2. The molecule has 0 fully saturated rings. The zero-order valence-electron chi connectivity index (χ0n) is 13.6. The third-order valence-electron chi connectivity index (χ3n) is 5.13. The normalized spacial score (nSPS) is 16.2. The fraction of sp³-hybridized carbons (Fsp3) is 0.211. The largest absolute Gasteiger partial charge is 0.321 e. The predicted molar refractivity (Wildman–Crippen MR) is 92.6 cm³/mol. The van der Waals surface area contributed by atoms with Crippen LogP contribution in [0.25, 0.3) is 22.2 Å². The minimum absolute atomic E-state index is 0.0893. The third-order valence-corrected chi connectivity index (χ3v) is 5.13. The fourth-order valence-corrected chi connectivity index (χ4v) is 4.11. The van der Waals surface area contributed by atoms with Crippen LogP contribution in [-0.2, 0) is 5.54 Å². The van der Waals surface area contributed by atoms with Gasteiger partial charge in [0.15, 0.2) is 0 Å². The van der Waals surface area contributed by atoms with Crippen LogP contribution in [0.5, 0.6) is 0 Å². The SMILES string of the molecule is Cc1cc(=O)n2c(n1)-c1c(cc3cccc4c3c1C(=O)N4)C2(C)C. The van der Waals surface area contributed by atoms with Gasteiger partial charge >= 0.3 is 0 Å². The topological polar surface area (TPSA) is 64.0 Å². The number of aromatic nitrogens is 2. The second kappa shape index (κ2) is 3.93. The quantitative estimate of drug-likeness (QED) is 0.693. The number of rotatable bonds is 0. The van der Waals surface area contributed by atoms with Crippen molar-refractivity contribution < 1.29 is 4.79 Å². The maximum atomic E-state index is 12.7. The highest BCUT2D eigenvalue weighted by Crippen LogP contribution is 2.48. The van der Waals surface area contributed by atoms with Crippen molar-refractivity contribution in [2.75, 3.05) is 5.32 Å². The van der Waals surface area contributed by atoms with Crippen LogP contribution in [0.1, 0.15) is 35.5 Å². The molecule has 0 spiro atoms. The van der Waals surface area contributed by atoms with Crippen LogP contribution in [0.3, 0.4) is 0 Å². The molecule has 1 N–H and O–H groups in total. The summed E-state index contributed by atoms with van der Waals surface area (Å²) in [4.78, 5) is 29.9. The molecule has 0 radical (unpaired) electrons. The minimum atomic E-state index is -0.550. The first-order valence-electron chi connectivity index (χ1n) is 7.92. The molecule has 2 aliphatic rings. The van der Waals surface area contributed by atoms with E-state index in [1.165, 1.54) is 0 Å². The van der Waals surface area contributed by atoms with Gasteiger partial charge in [-0.15, -0.1) is 0 Å². The molecule has 5 nitrogen and oxygen atoms in total. The highest BCUT2D eigenvalue weighted by Gasteiger charge is 2.42. The summed E-state index contributed by atoms with van der Waals surface area (Å²) in [7, 11) is 0. The van der Waals surface area contributed by atoms with E-state index >= 15 is 0 Å². The second-order valence-corrected chi connectivity index (χ2v) is 6.99. The Morgan fingerprint density at radius 2 is 1.92 bits per heavy atom. The number of hydrogen-bond donors (Lipinski definition) is 1. The lowest BCUT2D eigenvalue weighted by molar-refractivity contribution is 0.103. The number of anilines is 1. The molecule has 0 saturated carbocycles. The molecule has 1 aromatic heterocycles. The molecule has 5 rings (SSSR count). The van der Waals surface area contributed by atoms with Gasteiger partial charge in [0.05, 0.1) is 11.1 Å². The Morgan fingerprint density at radius 1 is 1.12 bits per heavy atom. The van der Waals surface area contributed by atoms with Crippen LogP contribution in [0.15, 0.2) is 35.1 Å². The highest BCUT2D eigenvalue weighted by atomic mass is 16.2. The van der Waals surface area contributed by atoms with Crippen molar-refractivity contribution in [1.82, 2.24) is 9.55 Å². The first-order valence-corrected chi connectivity index (χ1v) is 7.92. The molecule has 24 heavy (non-hydrogen) atoms. The number of aryl methyl sites for hydroxylation is 1. The van der Waals surface area contributed by atoms with E-state index in [9.17, 15) is 9.59 Å². The fourth-order valence-electron chi connectivity index (χ4n) is 4.11. The molecule has 0 bridgehead atoms. The molecule has 0 aliphatic carbocycles. The molecule has 118 valence electrons. The molecule has 0 saturated heterocycles. The Morgan fingerprint density at radius 3 is 2.71 bits per heavy atom. The van der Waals surface area contributed by atoms with E-state index in [0.29, 0.717) is 17.1 Å². The van der Waals surface area contributed by atoms with Crippen molar-refractivity contribution in [2.24, 2.45) is 0 Å². The van der Waals surface area contributed by atoms with Gasteiger partial charge in [0.25, 0.3) is 11.5 Å². The molecule has 5 heteroatoms. The molecule has 3 heterocycles. The lowest BCUT2D eigenvalue weighted by atomic mass is 9.88. The van der Waals surface area contributed by atoms with Crippen molar-refractivity contribution in [1.29, 1.82) is 0 Å². The van der Waals surface area contributed by atoms with Gasteiger partial charge in [-0.25, -0.2) is 4.98 Å². The van der Waals surface area contributed by atoms with Gasteiger partial charge in [-0.3, -0.25) is 14.2 Å². The lowest BCUT2D eigenvalue weighted by Gasteiger charge is -2.23. The van der Waals surface area contributed by atoms with Crippen LogP contribution >= 0.6 is 0 Å². The van der Waals surface area contributed by atoms with Gasteiger partial charge in [0, 0.05) is 28.4 Å². The summed E-state index contributed by atoms with van der Waals surface area (Å²) in [6.45, 7) is 5.80. The maximum Gasteiger partial charge on any atom is 0.257 e. The molecule has 0 unspecified atom stereocenters. The third kappa shape index (κ3) is 1.38. The smallest absolute Gasteiger partial charge is 0.257 e. The van der Waals surface area contributed by atoms with E-state index in [4.69, 9.17) is 0 Å². The summed E-state index contributed by atoms with van der Waals surface area (Å²) >= 11 is 0. The molecular formula is C19H15N3O2. The first-order chi connectivity index (χ1) is 11.4. The Balaban J connectivity index is 2.06. The van der Waals surface area contributed by atoms with E-state index < -0.39 is 5.54 Å². The average molecular weight is 317 g/mol. The average Bonchev–Trinajstić information content (AvgIpc) is 2.94. The van der Waals surface area contributed by atoms with E-state index in [0.717, 1.165) is 27.6 Å². The van der Waals surface area contributed by atoms with Gasteiger partial charge in [0.2, 0.25) is 0 Å². The maximum absolute atomic E-state index is 12.7. The van der Waals surface area contributed by atoms with Gasteiger partial charge in [-0.1, -0.05) is 12.1 Å². The number of amides is 1. The van der Waals surface area contributed by atoms with Crippen molar-refractivity contribution in [2.45, 2.75) is 26.3 Å². The Hall–Kier alpha value is -2.95.